The number of nitrogens with zero attached hydrogens (tertiary/aromatic N) is 1. The molecule has 12 aromatic rings. The Morgan fingerprint density at radius 2 is 0.726 bits per heavy atom. The summed E-state index contributed by atoms with van der Waals surface area (Å²) < 4.78 is 2.51. The average Bonchev–Trinajstić information content (AvgIpc) is 3.70. The number of rotatable bonds is 7. The van der Waals surface area contributed by atoms with Gasteiger partial charge in [-0.05, 0) is 91.5 Å². The summed E-state index contributed by atoms with van der Waals surface area (Å²) in [5.41, 5.74) is 15.2. The molecular formula is C60H40N2. The number of hydrogen-bond donors (Lipinski definition) is 1. The van der Waals surface area contributed by atoms with Gasteiger partial charge in [-0.3, -0.25) is 0 Å². The van der Waals surface area contributed by atoms with E-state index in [2.05, 4.69) is 246 Å². The fourth-order valence-corrected chi connectivity index (χ4v) is 9.74. The van der Waals surface area contributed by atoms with Crippen molar-refractivity contribution >= 4 is 65.5 Å². The van der Waals surface area contributed by atoms with Gasteiger partial charge in [0.25, 0.3) is 0 Å². The van der Waals surface area contributed by atoms with Crippen molar-refractivity contribution in [1.29, 1.82) is 0 Å². The van der Waals surface area contributed by atoms with E-state index in [0.717, 1.165) is 17.1 Å². The van der Waals surface area contributed by atoms with Crippen molar-refractivity contribution < 1.29 is 0 Å². The summed E-state index contributed by atoms with van der Waals surface area (Å²) in [5, 5.41) is 13.8. The maximum atomic E-state index is 4.08. The van der Waals surface area contributed by atoms with Crippen LogP contribution in [0.3, 0.4) is 0 Å². The van der Waals surface area contributed by atoms with Crippen molar-refractivity contribution in [3.63, 3.8) is 0 Å². The Hall–Kier alpha value is -8.20. The molecule has 2 nitrogen and oxygen atoms in total. The van der Waals surface area contributed by atoms with Crippen molar-refractivity contribution in [2.24, 2.45) is 0 Å². The molecule has 62 heavy (non-hydrogen) atoms. The second-order valence-electron chi connectivity index (χ2n) is 16.1. The quantitative estimate of drug-likeness (QED) is 0.159. The normalized spacial score (nSPS) is 11.5. The molecule has 1 heterocycles. The highest BCUT2D eigenvalue weighted by molar-refractivity contribution is 6.41. The lowest BCUT2D eigenvalue weighted by atomic mass is 9.86. The molecule has 12 rings (SSSR count). The number of benzene rings is 11. The zero-order chi connectivity index (χ0) is 41.0. The summed E-state index contributed by atoms with van der Waals surface area (Å²) in [5.74, 6) is 0. The van der Waals surface area contributed by atoms with Gasteiger partial charge in [-0.2, -0.15) is 0 Å². The maximum Gasteiger partial charge on any atom is 0.0626 e. The number of fused-ring (bicyclic) bond motifs is 10. The molecule has 0 unspecified atom stereocenters. The zero-order valence-corrected chi connectivity index (χ0v) is 34.0. The standard InChI is InChI=1S/C60H40N2/c1-5-17-40(18-6-1)43-29-34-47(35-30-43)61-59-55(45-23-11-4-12-24-45)49-25-13-14-26-50(49)56-57(59)51-27-15-16-28-52(51)60-58(56)53-39-46(42-21-9-3-10-22-42)33-38-54(53)62(60)48-36-31-44(32-37-48)41-19-7-2-8-20-41/h1-39,61H. The van der Waals surface area contributed by atoms with Crippen molar-refractivity contribution in [2.45, 2.75) is 0 Å². The Morgan fingerprint density at radius 1 is 0.290 bits per heavy atom. The van der Waals surface area contributed by atoms with Gasteiger partial charge in [0, 0.05) is 43.9 Å². The third-order valence-corrected chi connectivity index (χ3v) is 12.5. The van der Waals surface area contributed by atoms with Crippen molar-refractivity contribution in [3.8, 4) is 50.2 Å². The minimum atomic E-state index is 1.04. The van der Waals surface area contributed by atoms with Gasteiger partial charge in [0.1, 0.15) is 0 Å². The fraction of sp³-hybridized carbons (Fsp3) is 0. The molecule has 0 radical (unpaired) electrons. The third-order valence-electron chi connectivity index (χ3n) is 12.5. The smallest absolute Gasteiger partial charge is 0.0626 e. The van der Waals surface area contributed by atoms with Crippen LogP contribution in [0.2, 0.25) is 0 Å². The molecule has 0 fully saturated rings. The number of nitrogens with one attached hydrogen (secondary N) is 1. The first kappa shape index (κ1) is 35.7. The van der Waals surface area contributed by atoms with Gasteiger partial charge in [0.15, 0.2) is 0 Å². The predicted octanol–water partition coefficient (Wildman–Crippen LogP) is 16.7. The lowest BCUT2D eigenvalue weighted by Gasteiger charge is -2.22. The van der Waals surface area contributed by atoms with Crippen LogP contribution in [0.1, 0.15) is 0 Å². The average molecular weight is 789 g/mol. The zero-order valence-electron chi connectivity index (χ0n) is 34.0. The highest BCUT2D eigenvalue weighted by atomic mass is 15.0. The molecule has 0 bridgehead atoms. The first-order valence-electron chi connectivity index (χ1n) is 21.3. The molecule has 0 atom stereocenters. The van der Waals surface area contributed by atoms with E-state index < -0.39 is 0 Å². The molecule has 0 aliphatic heterocycles. The summed E-state index contributed by atoms with van der Waals surface area (Å²) in [7, 11) is 0. The third kappa shape index (κ3) is 5.88. The van der Waals surface area contributed by atoms with Gasteiger partial charge in [-0.1, -0.05) is 200 Å². The van der Waals surface area contributed by atoms with E-state index >= 15 is 0 Å². The first-order valence-corrected chi connectivity index (χ1v) is 21.3. The molecule has 11 aromatic carbocycles. The molecule has 290 valence electrons. The van der Waals surface area contributed by atoms with E-state index in [1.54, 1.807) is 0 Å². The van der Waals surface area contributed by atoms with Crippen LogP contribution in [0.5, 0.6) is 0 Å². The van der Waals surface area contributed by atoms with Gasteiger partial charge >= 0.3 is 0 Å². The fourth-order valence-electron chi connectivity index (χ4n) is 9.74. The lowest BCUT2D eigenvalue weighted by molar-refractivity contribution is 1.19. The molecule has 0 amide bonds. The Kier molecular flexibility index (Phi) is 8.53. The van der Waals surface area contributed by atoms with Crippen LogP contribution in [0.15, 0.2) is 237 Å². The van der Waals surface area contributed by atoms with Gasteiger partial charge in [0.2, 0.25) is 0 Å². The van der Waals surface area contributed by atoms with E-state index in [1.165, 1.54) is 98.6 Å². The number of anilines is 2. The monoisotopic (exact) mass is 788 g/mol. The van der Waals surface area contributed by atoms with Gasteiger partial charge in [-0.15, -0.1) is 0 Å². The molecule has 1 aromatic heterocycles. The molecule has 1 N–H and O–H groups in total. The molecule has 0 spiro atoms. The van der Waals surface area contributed by atoms with E-state index in [-0.39, 0.29) is 0 Å². The lowest BCUT2D eigenvalue weighted by Crippen LogP contribution is -1.99. The first-order chi connectivity index (χ1) is 30.8. The minimum Gasteiger partial charge on any atom is -0.354 e. The molecule has 0 saturated heterocycles. The van der Waals surface area contributed by atoms with Crippen LogP contribution in [0.25, 0.3) is 104 Å². The maximum absolute atomic E-state index is 4.08. The summed E-state index contributed by atoms with van der Waals surface area (Å²) in [4.78, 5) is 0. The highest BCUT2D eigenvalue weighted by Gasteiger charge is 2.25. The Balaban J connectivity index is 1.23. The highest BCUT2D eigenvalue weighted by Crippen LogP contribution is 2.52. The van der Waals surface area contributed by atoms with E-state index in [9.17, 15) is 0 Å². The molecular weight excluding hydrogens is 749 g/mol. The van der Waals surface area contributed by atoms with Gasteiger partial charge < -0.3 is 9.88 Å². The van der Waals surface area contributed by atoms with Crippen LogP contribution < -0.4 is 5.32 Å². The topological polar surface area (TPSA) is 17.0 Å². The van der Waals surface area contributed by atoms with Crippen LogP contribution in [-0.2, 0) is 0 Å². The van der Waals surface area contributed by atoms with Crippen LogP contribution >= 0.6 is 0 Å². The Bertz CT molecular complexity index is 3590. The second-order valence-corrected chi connectivity index (χ2v) is 16.1. The molecule has 0 aliphatic rings. The Labute approximate surface area is 360 Å². The van der Waals surface area contributed by atoms with Gasteiger partial charge in [0.05, 0.1) is 16.7 Å². The second kappa shape index (κ2) is 14.8. The van der Waals surface area contributed by atoms with Crippen LogP contribution in [-0.4, -0.2) is 4.57 Å². The molecule has 2 heteroatoms. The number of aromatic nitrogens is 1. The van der Waals surface area contributed by atoms with Crippen molar-refractivity contribution in [2.75, 3.05) is 5.32 Å². The van der Waals surface area contributed by atoms with E-state index in [4.69, 9.17) is 0 Å². The predicted molar refractivity (Wildman–Crippen MR) is 265 cm³/mol. The summed E-state index contributed by atoms with van der Waals surface area (Å²) in [6.07, 6.45) is 0. The molecule has 0 saturated carbocycles. The van der Waals surface area contributed by atoms with E-state index in [0.29, 0.717) is 0 Å². The Morgan fingerprint density at radius 3 is 1.31 bits per heavy atom. The largest absolute Gasteiger partial charge is 0.354 e. The van der Waals surface area contributed by atoms with Crippen LogP contribution in [0, 0.1) is 0 Å². The van der Waals surface area contributed by atoms with Crippen molar-refractivity contribution in [3.05, 3.63) is 237 Å². The van der Waals surface area contributed by atoms with Crippen molar-refractivity contribution in [1.82, 2.24) is 4.57 Å². The summed E-state index contributed by atoms with van der Waals surface area (Å²) in [6, 6.07) is 86.0. The number of hydrogen-bond acceptors (Lipinski definition) is 1. The van der Waals surface area contributed by atoms with E-state index in [1.807, 2.05) is 0 Å². The minimum absolute atomic E-state index is 1.04. The summed E-state index contributed by atoms with van der Waals surface area (Å²) in [6.45, 7) is 0. The van der Waals surface area contributed by atoms with Gasteiger partial charge in [-0.25, -0.2) is 0 Å². The van der Waals surface area contributed by atoms with Crippen LogP contribution in [0.4, 0.5) is 11.4 Å². The summed E-state index contributed by atoms with van der Waals surface area (Å²) >= 11 is 0. The SMILES string of the molecule is c1ccc(-c2ccc(Nc3c(-c4ccccc4)c4ccccc4c4c3c3ccccc3c3c4c4cc(-c5ccccc5)ccc4n3-c3ccc(-c4ccccc4)cc3)cc2)cc1. The molecule has 0 aliphatic carbocycles.